The van der Waals surface area contributed by atoms with Gasteiger partial charge in [0.15, 0.2) is 12.2 Å². The minimum Gasteiger partial charge on any atom is -0.462 e. The molecular weight excluding hydrogens is 1280 g/mol. The molecule has 0 saturated carbocycles. The lowest BCUT2D eigenvalue weighted by Crippen LogP contribution is -2.30. The zero-order valence-electron chi connectivity index (χ0n) is 64.4. The second-order valence-corrected chi connectivity index (χ2v) is 32.6. The molecule has 0 rings (SSSR count). The Labute approximate surface area is 600 Å². The van der Waals surface area contributed by atoms with Crippen molar-refractivity contribution in [2.75, 3.05) is 39.6 Å². The van der Waals surface area contributed by atoms with Crippen LogP contribution in [0.3, 0.4) is 0 Å². The van der Waals surface area contributed by atoms with E-state index in [0.717, 1.165) is 114 Å². The Bertz CT molecular complexity index is 1930. The topological polar surface area (TPSA) is 237 Å². The summed E-state index contributed by atoms with van der Waals surface area (Å²) in [6, 6.07) is 0. The highest BCUT2D eigenvalue weighted by molar-refractivity contribution is 7.47. The van der Waals surface area contributed by atoms with Gasteiger partial charge in [-0.3, -0.25) is 37.3 Å². The van der Waals surface area contributed by atoms with Gasteiger partial charge >= 0.3 is 39.5 Å². The highest BCUT2D eigenvalue weighted by Gasteiger charge is 2.30. The molecule has 0 fully saturated rings. The third-order valence-corrected chi connectivity index (χ3v) is 21.3. The summed E-state index contributed by atoms with van der Waals surface area (Å²) >= 11 is 0. The average molecular weight is 1440 g/mol. The van der Waals surface area contributed by atoms with Gasteiger partial charge in [-0.1, -0.05) is 351 Å². The maximum Gasteiger partial charge on any atom is 0.472 e. The second-order valence-electron chi connectivity index (χ2n) is 29.7. The Morgan fingerprint density at radius 3 is 0.724 bits per heavy atom. The molecule has 0 aliphatic heterocycles. The lowest BCUT2D eigenvalue weighted by molar-refractivity contribution is -0.161. The second kappa shape index (κ2) is 68.2. The normalized spacial score (nSPS) is 14.9. The van der Waals surface area contributed by atoms with E-state index in [2.05, 4.69) is 55.4 Å². The molecule has 0 amide bonds. The summed E-state index contributed by atoms with van der Waals surface area (Å²) in [5.74, 6) is 1.07. The quantitative estimate of drug-likeness (QED) is 0.0222. The van der Waals surface area contributed by atoms with Crippen molar-refractivity contribution in [3.8, 4) is 0 Å². The van der Waals surface area contributed by atoms with E-state index in [1.807, 2.05) is 0 Å². The molecule has 0 aromatic heterocycles. The van der Waals surface area contributed by atoms with Crippen LogP contribution < -0.4 is 0 Å². The number of phosphoric acid groups is 2. The molecule has 0 aliphatic carbocycles. The summed E-state index contributed by atoms with van der Waals surface area (Å²) in [4.78, 5) is 73.0. The highest BCUT2D eigenvalue weighted by atomic mass is 31.2. The number of phosphoric ester groups is 2. The Morgan fingerprint density at radius 1 is 0.286 bits per heavy atom. The number of esters is 4. The van der Waals surface area contributed by atoms with Gasteiger partial charge in [-0.05, 0) is 49.4 Å². The van der Waals surface area contributed by atoms with Crippen LogP contribution >= 0.6 is 15.6 Å². The zero-order chi connectivity index (χ0) is 72.4. The van der Waals surface area contributed by atoms with Crippen LogP contribution in [0.25, 0.3) is 0 Å². The molecule has 0 saturated heterocycles. The number of carbonyl (C=O) groups is 4. The van der Waals surface area contributed by atoms with Crippen LogP contribution in [0.2, 0.25) is 0 Å². The molecule has 0 radical (unpaired) electrons. The van der Waals surface area contributed by atoms with Crippen LogP contribution in [0.1, 0.15) is 402 Å². The van der Waals surface area contributed by atoms with E-state index in [1.165, 1.54) is 205 Å². The molecule has 582 valence electrons. The first-order valence-electron chi connectivity index (χ1n) is 40.8. The molecule has 0 aromatic rings. The Balaban J connectivity index is 5.27. The highest BCUT2D eigenvalue weighted by Crippen LogP contribution is 2.45. The van der Waals surface area contributed by atoms with Gasteiger partial charge in [0.1, 0.15) is 19.3 Å². The van der Waals surface area contributed by atoms with Crippen molar-refractivity contribution in [2.24, 2.45) is 23.7 Å². The maximum atomic E-state index is 13.1. The molecule has 0 heterocycles. The summed E-state index contributed by atoms with van der Waals surface area (Å²) in [6.07, 6.45) is 53.9. The predicted octanol–water partition coefficient (Wildman–Crippen LogP) is 23.2. The van der Waals surface area contributed by atoms with E-state index in [-0.39, 0.29) is 25.7 Å². The molecule has 5 unspecified atom stereocenters. The number of hydrogen-bond acceptors (Lipinski definition) is 15. The molecule has 98 heavy (non-hydrogen) atoms. The SMILES string of the molecule is CCC(C)CCCCCCCCCCCCCCCCC(=O)O[C@H](COC(=O)CCCCCCCCCCCCCCCC(C)C)COP(=O)(O)OC[C@@H](O)COP(=O)(O)OC[C@@H](COC(=O)CCCCCCCCCCC(C)CC)OC(=O)CCCCCCCCCCC(C)CC. The van der Waals surface area contributed by atoms with Crippen LogP contribution in [0, 0.1) is 23.7 Å². The van der Waals surface area contributed by atoms with Crippen molar-refractivity contribution in [3.05, 3.63) is 0 Å². The Morgan fingerprint density at radius 2 is 0.490 bits per heavy atom. The lowest BCUT2D eigenvalue weighted by atomic mass is 9.99. The Hall–Kier alpha value is -1.94. The summed E-state index contributed by atoms with van der Waals surface area (Å²) in [7, 11) is -9.92. The zero-order valence-corrected chi connectivity index (χ0v) is 66.2. The van der Waals surface area contributed by atoms with Crippen molar-refractivity contribution in [2.45, 2.75) is 420 Å². The minimum atomic E-state index is -4.96. The van der Waals surface area contributed by atoms with Crippen molar-refractivity contribution in [1.29, 1.82) is 0 Å². The van der Waals surface area contributed by atoms with Gasteiger partial charge < -0.3 is 33.8 Å². The van der Waals surface area contributed by atoms with Gasteiger partial charge in [-0.25, -0.2) is 9.13 Å². The number of hydrogen-bond donors (Lipinski definition) is 3. The predicted molar refractivity (Wildman–Crippen MR) is 400 cm³/mol. The molecular formula is C79H154O17P2. The largest absolute Gasteiger partial charge is 0.472 e. The van der Waals surface area contributed by atoms with Crippen molar-refractivity contribution in [3.63, 3.8) is 0 Å². The molecule has 8 atom stereocenters. The molecule has 19 heteroatoms. The smallest absolute Gasteiger partial charge is 0.462 e. The van der Waals surface area contributed by atoms with E-state index in [9.17, 15) is 43.2 Å². The molecule has 17 nitrogen and oxygen atoms in total. The van der Waals surface area contributed by atoms with Crippen LogP contribution in [0.4, 0.5) is 0 Å². The molecule has 0 aliphatic rings. The third kappa shape index (κ3) is 68.5. The minimum absolute atomic E-state index is 0.104. The lowest BCUT2D eigenvalue weighted by Gasteiger charge is -2.21. The van der Waals surface area contributed by atoms with Crippen LogP contribution in [0.5, 0.6) is 0 Å². The van der Waals surface area contributed by atoms with E-state index < -0.39 is 97.5 Å². The summed E-state index contributed by atoms with van der Waals surface area (Å²) in [6.45, 7) is 14.3. The monoisotopic (exact) mass is 1440 g/mol. The first-order valence-corrected chi connectivity index (χ1v) is 43.8. The average Bonchev–Trinajstić information content (AvgIpc) is 1.18. The number of unbranched alkanes of at least 4 members (excludes halogenated alkanes) is 39. The van der Waals surface area contributed by atoms with E-state index in [0.29, 0.717) is 25.7 Å². The number of aliphatic hydroxyl groups excluding tert-OH is 1. The number of ether oxygens (including phenoxy) is 4. The van der Waals surface area contributed by atoms with Gasteiger partial charge in [-0.2, -0.15) is 0 Å². The summed E-state index contributed by atoms with van der Waals surface area (Å²) < 4.78 is 68.7. The van der Waals surface area contributed by atoms with Gasteiger partial charge in [0.25, 0.3) is 0 Å². The number of carbonyl (C=O) groups excluding carboxylic acids is 4. The molecule has 3 N–H and O–H groups in total. The molecule has 0 spiro atoms. The number of rotatable bonds is 76. The van der Waals surface area contributed by atoms with E-state index in [1.54, 1.807) is 0 Å². The fourth-order valence-electron chi connectivity index (χ4n) is 12.0. The standard InChI is InChI=1S/C79H154O17P2/c1-9-70(6)56-48-40-32-24-20-16-12-13-17-22-26-37-45-53-61-78(83)95-74(65-89-76(81)59-51-43-35-25-21-18-14-15-19-23-31-39-47-55-69(4)5)67-93-97(85,86)91-63-73(80)64-92-98(87,88)94-68-75(96-79(84)62-54-46-38-30-28-34-42-50-58-72(8)11-3)66-90-77(82)60-52-44-36-29-27-33-41-49-57-71(7)10-2/h69-75,80H,9-68H2,1-8H3,(H,85,86)(H,87,88)/t70?,71?,72?,73-,74-,75-/m1/s1. The van der Waals surface area contributed by atoms with Gasteiger partial charge in [0.2, 0.25) is 0 Å². The van der Waals surface area contributed by atoms with Gasteiger partial charge in [-0.15, -0.1) is 0 Å². The molecule has 0 aromatic carbocycles. The van der Waals surface area contributed by atoms with Crippen LogP contribution in [-0.4, -0.2) is 96.7 Å². The molecule has 0 bridgehead atoms. The first-order chi connectivity index (χ1) is 47.2. The Kier molecular flexibility index (Phi) is 66.8. The van der Waals surface area contributed by atoms with Crippen molar-refractivity contribution < 1.29 is 80.2 Å². The van der Waals surface area contributed by atoms with Gasteiger partial charge in [0.05, 0.1) is 26.4 Å². The summed E-state index contributed by atoms with van der Waals surface area (Å²) in [5.41, 5.74) is 0. The maximum absolute atomic E-state index is 13.1. The summed E-state index contributed by atoms with van der Waals surface area (Å²) in [5, 5.41) is 10.6. The first kappa shape index (κ1) is 96.1. The van der Waals surface area contributed by atoms with Crippen molar-refractivity contribution in [1.82, 2.24) is 0 Å². The van der Waals surface area contributed by atoms with Gasteiger partial charge in [0, 0.05) is 25.7 Å². The van der Waals surface area contributed by atoms with E-state index >= 15 is 0 Å². The van der Waals surface area contributed by atoms with Crippen LogP contribution in [-0.2, 0) is 65.4 Å². The third-order valence-electron chi connectivity index (χ3n) is 19.4. The van der Waals surface area contributed by atoms with Crippen LogP contribution in [0.15, 0.2) is 0 Å². The fraction of sp³-hybridized carbons (Fsp3) is 0.949. The van der Waals surface area contributed by atoms with Crippen molar-refractivity contribution >= 4 is 39.5 Å². The fourth-order valence-corrected chi connectivity index (χ4v) is 13.6. The van der Waals surface area contributed by atoms with E-state index in [4.69, 9.17) is 37.0 Å². The number of aliphatic hydroxyl groups is 1.